The van der Waals surface area contributed by atoms with E-state index in [0.29, 0.717) is 27.7 Å². The molecule has 1 N–H and O–H groups in total. The standard InChI is InChI=1S/C18H18ClN3O3/c1-25-18(24)12-4-5-14(19)15(10-12)21-13-6-7-20-16(11-13)17(23)22-8-2-3-9-22/h4-7,10-11H,2-3,8-9H2,1H3,(H,20,21). The van der Waals surface area contributed by atoms with E-state index in [0.717, 1.165) is 25.9 Å². The molecule has 0 saturated carbocycles. The van der Waals surface area contributed by atoms with Crippen molar-refractivity contribution in [2.45, 2.75) is 12.8 Å². The summed E-state index contributed by atoms with van der Waals surface area (Å²) in [4.78, 5) is 30.1. The molecule has 1 saturated heterocycles. The number of benzene rings is 1. The molecule has 1 aliphatic rings. The third kappa shape index (κ3) is 3.91. The highest BCUT2D eigenvalue weighted by Crippen LogP contribution is 2.27. The first-order chi connectivity index (χ1) is 12.1. The van der Waals surface area contributed by atoms with Gasteiger partial charge in [0.1, 0.15) is 5.69 Å². The van der Waals surface area contributed by atoms with Crippen LogP contribution in [0.3, 0.4) is 0 Å². The number of nitrogens with one attached hydrogen (secondary N) is 1. The second-order valence-corrected chi connectivity index (χ2v) is 6.15. The SMILES string of the molecule is COC(=O)c1ccc(Cl)c(Nc2ccnc(C(=O)N3CCCC3)c2)c1. The number of amides is 1. The zero-order valence-corrected chi connectivity index (χ0v) is 14.5. The summed E-state index contributed by atoms with van der Waals surface area (Å²) in [6, 6.07) is 8.24. The van der Waals surface area contributed by atoms with Crippen LogP contribution < -0.4 is 5.32 Å². The maximum Gasteiger partial charge on any atom is 0.337 e. The van der Waals surface area contributed by atoms with E-state index in [-0.39, 0.29) is 5.91 Å². The Bertz CT molecular complexity index is 804. The predicted molar refractivity (Wildman–Crippen MR) is 95.4 cm³/mol. The lowest BCUT2D eigenvalue weighted by Crippen LogP contribution is -2.28. The Morgan fingerprint density at radius 2 is 1.96 bits per heavy atom. The number of rotatable bonds is 4. The van der Waals surface area contributed by atoms with E-state index in [1.165, 1.54) is 7.11 Å². The molecule has 25 heavy (non-hydrogen) atoms. The van der Waals surface area contributed by atoms with E-state index < -0.39 is 5.97 Å². The highest BCUT2D eigenvalue weighted by atomic mass is 35.5. The molecule has 0 atom stereocenters. The highest BCUT2D eigenvalue weighted by Gasteiger charge is 2.20. The number of likely N-dealkylation sites (tertiary alicyclic amines) is 1. The average Bonchev–Trinajstić information content (AvgIpc) is 3.17. The Morgan fingerprint density at radius 3 is 2.68 bits per heavy atom. The summed E-state index contributed by atoms with van der Waals surface area (Å²) in [5.74, 6) is -0.519. The minimum absolute atomic E-state index is 0.0736. The molecule has 0 spiro atoms. The molecule has 6 nitrogen and oxygen atoms in total. The zero-order chi connectivity index (χ0) is 17.8. The van der Waals surface area contributed by atoms with Crippen molar-refractivity contribution < 1.29 is 14.3 Å². The van der Waals surface area contributed by atoms with Gasteiger partial charge in [0.2, 0.25) is 0 Å². The van der Waals surface area contributed by atoms with Crippen LogP contribution in [0.4, 0.5) is 11.4 Å². The number of hydrogen-bond donors (Lipinski definition) is 1. The molecule has 2 heterocycles. The maximum absolute atomic E-state index is 12.4. The van der Waals surface area contributed by atoms with Crippen molar-refractivity contribution in [3.05, 3.63) is 52.8 Å². The van der Waals surface area contributed by atoms with Gasteiger partial charge in [0.25, 0.3) is 5.91 Å². The Hall–Kier alpha value is -2.60. The molecular formula is C18H18ClN3O3. The van der Waals surface area contributed by atoms with Crippen LogP contribution in [-0.4, -0.2) is 42.0 Å². The molecule has 3 rings (SSSR count). The molecule has 1 aromatic heterocycles. The molecule has 130 valence electrons. The Kier molecular flexibility index (Phi) is 5.19. The lowest BCUT2D eigenvalue weighted by molar-refractivity contribution is 0.0600. The summed E-state index contributed by atoms with van der Waals surface area (Å²) in [6.07, 6.45) is 3.63. The van der Waals surface area contributed by atoms with Gasteiger partial charge < -0.3 is 15.0 Å². The normalized spacial score (nSPS) is 13.6. The second-order valence-electron chi connectivity index (χ2n) is 5.74. The largest absolute Gasteiger partial charge is 0.465 e. The topological polar surface area (TPSA) is 71.5 Å². The summed E-state index contributed by atoms with van der Waals surface area (Å²) in [6.45, 7) is 1.54. The summed E-state index contributed by atoms with van der Waals surface area (Å²) >= 11 is 6.19. The van der Waals surface area contributed by atoms with Crippen LogP contribution in [0, 0.1) is 0 Å². The van der Waals surface area contributed by atoms with Gasteiger partial charge in [-0.05, 0) is 43.2 Å². The minimum atomic E-state index is -0.445. The smallest absolute Gasteiger partial charge is 0.337 e. The number of halogens is 1. The predicted octanol–water partition coefficient (Wildman–Crippen LogP) is 3.50. The molecule has 7 heteroatoms. The van der Waals surface area contributed by atoms with Gasteiger partial charge in [0.05, 0.1) is 23.4 Å². The van der Waals surface area contributed by atoms with E-state index in [1.807, 2.05) is 0 Å². The zero-order valence-electron chi connectivity index (χ0n) is 13.8. The molecule has 0 aliphatic carbocycles. The number of pyridine rings is 1. The molecule has 1 aliphatic heterocycles. The van der Waals surface area contributed by atoms with E-state index in [2.05, 4.69) is 10.3 Å². The number of methoxy groups -OCH3 is 1. The fourth-order valence-corrected chi connectivity index (χ4v) is 2.89. The van der Waals surface area contributed by atoms with Gasteiger partial charge >= 0.3 is 5.97 Å². The first kappa shape index (κ1) is 17.2. The molecule has 1 amide bonds. The number of esters is 1. The van der Waals surface area contributed by atoms with Gasteiger partial charge in [-0.25, -0.2) is 4.79 Å². The Balaban J connectivity index is 1.82. The van der Waals surface area contributed by atoms with Crippen molar-refractivity contribution in [3.8, 4) is 0 Å². The van der Waals surface area contributed by atoms with Crippen LogP contribution in [0.1, 0.15) is 33.7 Å². The molecule has 1 fully saturated rings. The number of carbonyl (C=O) groups is 2. The molecular weight excluding hydrogens is 342 g/mol. The number of nitrogens with zero attached hydrogens (tertiary/aromatic N) is 2. The number of anilines is 2. The van der Waals surface area contributed by atoms with E-state index >= 15 is 0 Å². The number of hydrogen-bond acceptors (Lipinski definition) is 5. The first-order valence-electron chi connectivity index (χ1n) is 7.98. The number of carbonyl (C=O) groups excluding carboxylic acids is 2. The molecule has 1 aromatic carbocycles. The number of ether oxygens (including phenoxy) is 1. The van der Waals surface area contributed by atoms with Gasteiger partial charge in [0, 0.05) is 25.0 Å². The first-order valence-corrected chi connectivity index (χ1v) is 8.36. The molecule has 2 aromatic rings. The van der Waals surface area contributed by atoms with Gasteiger partial charge in [-0.3, -0.25) is 9.78 Å². The van der Waals surface area contributed by atoms with Gasteiger partial charge in [-0.2, -0.15) is 0 Å². The van der Waals surface area contributed by atoms with Crippen molar-refractivity contribution >= 4 is 34.9 Å². The van der Waals surface area contributed by atoms with Crippen LogP contribution in [-0.2, 0) is 4.74 Å². The van der Waals surface area contributed by atoms with Crippen LogP contribution in [0.25, 0.3) is 0 Å². The van der Waals surface area contributed by atoms with Crippen molar-refractivity contribution in [1.82, 2.24) is 9.88 Å². The van der Waals surface area contributed by atoms with E-state index in [1.54, 1.807) is 41.4 Å². The third-order valence-corrected chi connectivity index (χ3v) is 4.37. The summed E-state index contributed by atoms with van der Waals surface area (Å²) in [5, 5.41) is 3.58. The van der Waals surface area contributed by atoms with Gasteiger partial charge in [-0.1, -0.05) is 11.6 Å². The van der Waals surface area contributed by atoms with Crippen LogP contribution in [0.5, 0.6) is 0 Å². The highest BCUT2D eigenvalue weighted by molar-refractivity contribution is 6.33. The Morgan fingerprint density at radius 1 is 1.20 bits per heavy atom. The summed E-state index contributed by atoms with van der Waals surface area (Å²) in [7, 11) is 1.32. The fraction of sp³-hybridized carbons (Fsp3) is 0.278. The fourth-order valence-electron chi connectivity index (χ4n) is 2.73. The Labute approximate surface area is 150 Å². The summed E-state index contributed by atoms with van der Waals surface area (Å²) < 4.78 is 4.72. The van der Waals surface area contributed by atoms with E-state index in [9.17, 15) is 9.59 Å². The quantitative estimate of drug-likeness (QED) is 0.846. The lowest BCUT2D eigenvalue weighted by atomic mass is 10.2. The van der Waals surface area contributed by atoms with Crippen LogP contribution in [0.15, 0.2) is 36.5 Å². The van der Waals surface area contributed by atoms with Gasteiger partial charge in [-0.15, -0.1) is 0 Å². The van der Waals surface area contributed by atoms with Crippen molar-refractivity contribution in [2.75, 3.05) is 25.5 Å². The molecule has 0 radical (unpaired) electrons. The maximum atomic E-state index is 12.4. The van der Waals surface area contributed by atoms with E-state index in [4.69, 9.17) is 16.3 Å². The third-order valence-electron chi connectivity index (χ3n) is 4.04. The van der Waals surface area contributed by atoms with Gasteiger partial charge in [0.15, 0.2) is 0 Å². The van der Waals surface area contributed by atoms with Crippen LogP contribution in [0.2, 0.25) is 5.02 Å². The minimum Gasteiger partial charge on any atom is -0.465 e. The van der Waals surface area contributed by atoms with Crippen LogP contribution >= 0.6 is 11.6 Å². The summed E-state index contributed by atoms with van der Waals surface area (Å²) in [5.41, 5.74) is 1.99. The van der Waals surface area contributed by atoms with Crippen molar-refractivity contribution in [1.29, 1.82) is 0 Å². The molecule has 0 bridgehead atoms. The monoisotopic (exact) mass is 359 g/mol. The second kappa shape index (κ2) is 7.53. The number of aromatic nitrogens is 1. The lowest BCUT2D eigenvalue weighted by Gasteiger charge is -2.15. The molecule has 0 unspecified atom stereocenters. The van der Waals surface area contributed by atoms with Crippen molar-refractivity contribution in [2.24, 2.45) is 0 Å². The van der Waals surface area contributed by atoms with Crippen molar-refractivity contribution in [3.63, 3.8) is 0 Å². The average molecular weight is 360 g/mol.